The number of aryl methyl sites for hydroxylation is 1. The molecule has 2 bridgehead atoms. The topological polar surface area (TPSA) is 130 Å². The Morgan fingerprint density at radius 1 is 1.33 bits per heavy atom. The summed E-state index contributed by atoms with van der Waals surface area (Å²) in [5, 5.41) is 15.9. The number of pyridine rings is 1. The number of nitrogens with two attached hydrogens (primary N) is 1. The second-order valence-electron chi connectivity index (χ2n) is 7.92. The summed E-state index contributed by atoms with van der Waals surface area (Å²) in [4.78, 5) is 4.22. The lowest BCUT2D eigenvalue weighted by Crippen LogP contribution is -2.39. The molecular formula is C21H20FN7O3S. The molecule has 0 saturated carbocycles. The molecule has 5 rings (SSSR count). The number of nitriles is 1. The summed E-state index contributed by atoms with van der Waals surface area (Å²) in [6, 6.07) is 7.70. The fourth-order valence-electron chi connectivity index (χ4n) is 4.28. The summed E-state index contributed by atoms with van der Waals surface area (Å²) in [5.41, 5.74) is 8.53. The van der Waals surface area contributed by atoms with Crippen molar-refractivity contribution < 1.29 is 17.5 Å². The molecule has 3 aromatic rings. The maximum absolute atomic E-state index is 14.2. The Morgan fingerprint density at radius 2 is 2.12 bits per heavy atom. The largest absolute Gasteiger partial charge is 0.482 e. The number of benzene rings is 1. The number of ether oxygens (including phenoxy) is 1. The first-order valence-corrected chi connectivity index (χ1v) is 11.8. The normalized spacial score (nSPS) is 19.3. The van der Waals surface area contributed by atoms with Crippen molar-refractivity contribution in [2.45, 2.75) is 19.6 Å². The average Bonchev–Trinajstić information content (AvgIpc) is 3.24. The van der Waals surface area contributed by atoms with E-state index in [-0.39, 0.29) is 36.1 Å². The Balaban J connectivity index is 1.80. The fourth-order valence-corrected chi connectivity index (χ4v) is 5.85. The van der Waals surface area contributed by atoms with Crippen molar-refractivity contribution in [3.05, 3.63) is 53.2 Å². The van der Waals surface area contributed by atoms with E-state index >= 15 is 0 Å². The lowest BCUT2D eigenvalue weighted by molar-refractivity contribution is 0.226. The monoisotopic (exact) mass is 469 g/mol. The lowest BCUT2D eigenvalue weighted by atomic mass is 10.0. The molecule has 10 nitrogen and oxygen atoms in total. The van der Waals surface area contributed by atoms with Crippen LogP contribution in [0, 0.1) is 17.1 Å². The molecule has 1 saturated heterocycles. The minimum atomic E-state index is -3.72. The van der Waals surface area contributed by atoms with E-state index in [0.717, 1.165) is 0 Å². The predicted molar refractivity (Wildman–Crippen MR) is 118 cm³/mol. The van der Waals surface area contributed by atoms with Crippen LogP contribution in [-0.2, 0) is 23.6 Å². The van der Waals surface area contributed by atoms with Crippen LogP contribution in [0.2, 0.25) is 0 Å². The number of hydrogen-bond donors (Lipinski definition) is 1. The first-order chi connectivity index (χ1) is 15.7. The smallest absolute Gasteiger partial charge is 0.250 e. The highest BCUT2D eigenvalue weighted by Crippen LogP contribution is 2.39. The Labute approximate surface area is 189 Å². The van der Waals surface area contributed by atoms with E-state index in [1.54, 1.807) is 25.0 Å². The summed E-state index contributed by atoms with van der Waals surface area (Å²) < 4.78 is 49.0. The molecule has 0 aliphatic carbocycles. The highest BCUT2D eigenvalue weighted by Gasteiger charge is 2.39. The van der Waals surface area contributed by atoms with Gasteiger partial charge in [0.05, 0.1) is 23.7 Å². The summed E-state index contributed by atoms with van der Waals surface area (Å²) in [6.45, 7) is 1.99. The van der Waals surface area contributed by atoms with E-state index in [4.69, 9.17) is 10.5 Å². The molecule has 4 heterocycles. The summed E-state index contributed by atoms with van der Waals surface area (Å²) in [6.07, 6.45) is 0.766. The van der Waals surface area contributed by atoms with E-state index < -0.39 is 21.9 Å². The molecule has 1 aromatic carbocycles. The number of hydrazine groups is 1. The van der Waals surface area contributed by atoms with Crippen molar-refractivity contribution in [1.82, 2.24) is 19.8 Å². The maximum Gasteiger partial charge on any atom is 0.250 e. The molecule has 0 radical (unpaired) electrons. The number of nitrogens with zero attached hydrogens (tertiary/aromatic N) is 6. The van der Waals surface area contributed by atoms with Gasteiger partial charge >= 0.3 is 0 Å². The number of rotatable bonds is 0. The first-order valence-electron chi connectivity index (χ1n) is 10.2. The van der Waals surface area contributed by atoms with Gasteiger partial charge in [0.2, 0.25) is 10.0 Å². The maximum atomic E-state index is 14.2. The van der Waals surface area contributed by atoms with Crippen LogP contribution in [0.15, 0.2) is 30.5 Å². The molecule has 1 unspecified atom stereocenters. The Bertz CT molecular complexity index is 1430. The summed E-state index contributed by atoms with van der Waals surface area (Å²) in [5.74, 6) is -0.297. The zero-order chi connectivity index (χ0) is 23.5. The van der Waals surface area contributed by atoms with Gasteiger partial charge in [-0.15, -0.1) is 0 Å². The highest BCUT2D eigenvalue weighted by atomic mass is 32.2. The molecule has 2 aliphatic heterocycles. The molecule has 1 fully saturated rings. The Kier molecular flexibility index (Phi) is 4.77. The molecule has 0 spiro atoms. The molecule has 2 aromatic heterocycles. The van der Waals surface area contributed by atoms with Gasteiger partial charge < -0.3 is 10.5 Å². The van der Waals surface area contributed by atoms with Crippen LogP contribution >= 0.6 is 0 Å². The SMILES string of the molecule is CC1Oc2cc(cnc2N)-c2c(nn(C)c2C#N)CN2CCS(=O)(=O)N2c2ccc(F)cc21. The van der Waals surface area contributed by atoms with Gasteiger partial charge in [0, 0.05) is 36.5 Å². The van der Waals surface area contributed by atoms with Crippen LogP contribution in [-0.4, -0.2) is 40.5 Å². The van der Waals surface area contributed by atoms with Gasteiger partial charge in [0.25, 0.3) is 0 Å². The molecule has 2 aliphatic rings. The molecule has 170 valence electrons. The number of sulfonamides is 1. The molecule has 33 heavy (non-hydrogen) atoms. The van der Waals surface area contributed by atoms with Gasteiger partial charge in [-0.25, -0.2) is 17.8 Å². The number of hydrogen-bond acceptors (Lipinski definition) is 8. The first kappa shape index (κ1) is 21.2. The molecule has 2 N–H and O–H groups in total. The van der Waals surface area contributed by atoms with Crippen molar-refractivity contribution in [1.29, 1.82) is 5.26 Å². The average molecular weight is 470 g/mol. The standard InChI is InChI=1S/C21H20FN7O3S/c1-12-15-8-14(22)3-4-17(15)29-28(5-6-33(29,30)31)11-16-20(18(9-23)27(2)26-16)13-7-19(32-12)21(24)25-10-13/h3-4,7-8,10,12H,5-6,11H2,1-2H3,(H2,24,25). The molecule has 12 heteroatoms. The van der Waals surface area contributed by atoms with E-state index in [1.165, 1.54) is 33.5 Å². The van der Waals surface area contributed by atoms with Crippen LogP contribution in [0.5, 0.6) is 5.75 Å². The van der Waals surface area contributed by atoms with E-state index in [9.17, 15) is 18.1 Å². The van der Waals surface area contributed by atoms with E-state index in [0.29, 0.717) is 28.1 Å². The van der Waals surface area contributed by atoms with Crippen LogP contribution in [0.25, 0.3) is 11.1 Å². The number of fused-ring (bicyclic) bond motifs is 7. The van der Waals surface area contributed by atoms with Crippen molar-refractivity contribution in [3.8, 4) is 22.9 Å². The summed E-state index contributed by atoms with van der Waals surface area (Å²) in [7, 11) is -2.08. The third-order valence-corrected chi connectivity index (χ3v) is 7.45. The molecule has 0 amide bonds. The van der Waals surface area contributed by atoms with Crippen LogP contribution in [0.3, 0.4) is 0 Å². The quantitative estimate of drug-likeness (QED) is 0.530. The number of anilines is 2. The van der Waals surface area contributed by atoms with Crippen molar-refractivity contribution >= 4 is 21.5 Å². The summed E-state index contributed by atoms with van der Waals surface area (Å²) >= 11 is 0. The van der Waals surface area contributed by atoms with Gasteiger partial charge in [0.1, 0.15) is 23.7 Å². The van der Waals surface area contributed by atoms with Gasteiger partial charge in [-0.1, -0.05) is 0 Å². The number of nitrogen functional groups attached to an aromatic ring is 1. The van der Waals surface area contributed by atoms with Crippen LogP contribution in [0.1, 0.15) is 30.0 Å². The second-order valence-corrected chi connectivity index (χ2v) is 9.84. The van der Waals surface area contributed by atoms with Gasteiger partial charge in [-0.3, -0.25) is 4.68 Å². The zero-order valence-electron chi connectivity index (χ0n) is 17.9. The zero-order valence-corrected chi connectivity index (χ0v) is 18.7. The fraction of sp³-hybridized carbons (Fsp3) is 0.286. The predicted octanol–water partition coefficient (Wildman–Crippen LogP) is 2.10. The third kappa shape index (κ3) is 3.37. The highest BCUT2D eigenvalue weighted by molar-refractivity contribution is 7.93. The van der Waals surface area contributed by atoms with Gasteiger partial charge in [-0.05, 0) is 31.2 Å². The Hall–Kier alpha value is -3.69. The van der Waals surface area contributed by atoms with Crippen molar-refractivity contribution in [2.24, 2.45) is 7.05 Å². The third-order valence-electron chi connectivity index (χ3n) is 5.79. The van der Waals surface area contributed by atoms with Gasteiger partial charge in [0.15, 0.2) is 11.6 Å². The number of halogens is 1. The molecule has 1 atom stereocenters. The lowest BCUT2D eigenvalue weighted by Gasteiger charge is -2.31. The Morgan fingerprint density at radius 3 is 2.88 bits per heavy atom. The second kappa shape index (κ2) is 7.43. The van der Waals surface area contributed by atoms with E-state index in [2.05, 4.69) is 16.2 Å². The molecular weight excluding hydrogens is 449 g/mol. The van der Waals surface area contributed by atoms with Crippen LogP contribution < -0.4 is 14.9 Å². The van der Waals surface area contributed by atoms with Crippen molar-refractivity contribution in [2.75, 3.05) is 22.4 Å². The van der Waals surface area contributed by atoms with Crippen molar-refractivity contribution in [3.63, 3.8) is 0 Å². The minimum Gasteiger partial charge on any atom is -0.482 e. The minimum absolute atomic E-state index is 0.107. The van der Waals surface area contributed by atoms with Crippen LogP contribution in [0.4, 0.5) is 15.9 Å². The number of aromatic nitrogens is 3. The van der Waals surface area contributed by atoms with E-state index in [1.807, 2.05) is 0 Å². The van der Waals surface area contributed by atoms with Gasteiger partial charge in [-0.2, -0.15) is 19.8 Å².